The highest BCUT2D eigenvalue weighted by atomic mass is 16.5. The van der Waals surface area contributed by atoms with Gasteiger partial charge in [-0.3, -0.25) is 4.79 Å². The number of likely N-dealkylation sites (N-methyl/N-ethyl adjacent to an activating group) is 1. The Hall–Kier alpha value is -1.39. The fraction of sp³-hybridized carbons (Fsp3) is 0.562. The number of rotatable bonds is 5. The fourth-order valence-electron chi connectivity index (χ4n) is 2.80. The van der Waals surface area contributed by atoms with Crippen molar-refractivity contribution in [3.05, 3.63) is 34.9 Å². The summed E-state index contributed by atoms with van der Waals surface area (Å²) in [6.07, 6.45) is 4.12. The van der Waals surface area contributed by atoms with E-state index in [9.17, 15) is 9.90 Å². The number of ether oxygens (including phenoxy) is 1. The van der Waals surface area contributed by atoms with Crippen molar-refractivity contribution in [1.82, 2.24) is 5.32 Å². The van der Waals surface area contributed by atoms with Gasteiger partial charge in [-0.05, 0) is 49.4 Å². The minimum atomic E-state index is -0.702. The SMILES string of the molecule is CNC(CC(=O)OC)C(O)c1ccc2c(c1)CCCC2. The Kier molecular flexibility index (Phi) is 5.15. The first-order valence-corrected chi connectivity index (χ1v) is 7.19. The van der Waals surface area contributed by atoms with Crippen molar-refractivity contribution in [2.75, 3.05) is 14.2 Å². The molecule has 2 atom stereocenters. The van der Waals surface area contributed by atoms with E-state index in [-0.39, 0.29) is 18.4 Å². The van der Waals surface area contributed by atoms with Crippen molar-refractivity contribution in [1.29, 1.82) is 0 Å². The smallest absolute Gasteiger partial charge is 0.307 e. The molecule has 2 N–H and O–H groups in total. The summed E-state index contributed by atoms with van der Waals surface area (Å²) in [5.74, 6) is -0.318. The van der Waals surface area contributed by atoms with Gasteiger partial charge >= 0.3 is 5.97 Å². The van der Waals surface area contributed by atoms with Crippen LogP contribution in [-0.4, -0.2) is 31.3 Å². The molecule has 4 nitrogen and oxygen atoms in total. The molecule has 20 heavy (non-hydrogen) atoms. The highest BCUT2D eigenvalue weighted by Crippen LogP contribution is 2.26. The molecule has 110 valence electrons. The third-order valence-electron chi connectivity index (χ3n) is 4.08. The highest BCUT2D eigenvalue weighted by molar-refractivity contribution is 5.70. The Balaban J connectivity index is 2.14. The van der Waals surface area contributed by atoms with Crippen LogP contribution in [0.25, 0.3) is 0 Å². The second-order valence-electron chi connectivity index (χ2n) is 5.36. The number of methoxy groups -OCH3 is 1. The minimum Gasteiger partial charge on any atom is -0.469 e. The maximum atomic E-state index is 11.4. The Morgan fingerprint density at radius 2 is 2.05 bits per heavy atom. The molecule has 2 rings (SSSR count). The lowest BCUT2D eigenvalue weighted by Gasteiger charge is -2.24. The third-order valence-corrected chi connectivity index (χ3v) is 4.08. The number of benzene rings is 1. The number of aliphatic hydroxyl groups excluding tert-OH is 1. The minimum absolute atomic E-state index is 0.158. The van der Waals surface area contributed by atoms with Crippen LogP contribution in [0.2, 0.25) is 0 Å². The van der Waals surface area contributed by atoms with Crippen molar-refractivity contribution in [2.24, 2.45) is 0 Å². The molecular formula is C16H23NO3. The summed E-state index contributed by atoms with van der Waals surface area (Å²) in [4.78, 5) is 11.4. The van der Waals surface area contributed by atoms with Crippen LogP contribution in [0, 0.1) is 0 Å². The van der Waals surface area contributed by atoms with Gasteiger partial charge in [0.05, 0.1) is 19.6 Å². The predicted molar refractivity (Wildman–Crippen MR) is 77.5 cm³/mol. The summed E-state index contributed by atoms with van der Waals surface area (Å²) in [5.41, 5.74) is 3.59. The number of hydrogen-bond donors (Lipinski definition) is 2. The summed E-state index contributed by atoms with van der Waals surface area (Å²) in [5, 5.41) is 13.5. The quantitative estimate of drug-likeness (QED) is 0.805. The van der Waals surface area contributed by atoms with E-state index in [0.717, 1.165) is 18.4 Å². The number of carbonyl (C=O) groups is 1. The summed E-state index contributed by atoms with van der Waals surface area (Å²) in [7, 11) is 3.11. The molecule has 0 heterocycles. The van der Waals surface area contributed by atoms with E-state index in [2.05, 4.69) is 22.2 Å². The van der Waals surface area contributed by atoms with Crippen molar-refractivity contribution < 1.29 is 14.6 Å². The first kappa shape index (κ1) is 15.0. The summed E-state index contributed by atoms with van der Waals surface area (Å²) in [6, 6.07) is 5.83. The largest absolute Gasteiger partial charge is 0.469 e. The average molecular weight is 277 g/mol. The number of fused-ring (bicyclic) bond motifs is 1. The molecule has 2 unspecified atom stereocenters. The standard InChI is InChI=1S/C16H23NO3/c1-17-14(10-15(18)20-2)16(19)13-8-7-11-5-3-4-6-12(11)9-13/h7-9,14,16-17,19H,3-6,10H2,1-2H3. The molecule has 1 aromatic rings. The monoisotopic (exact) mass is 277 g/mol. The van der Waals surface area contributed by atoms with Crippen molar-refractivity contribution >= 4 is 5.97 Å². The lowest BCUT2D eigenvalue weighted by Crippen LogP contribution is -2.34. The van der Waals surface area contributed by atoms with E-state index in [0.29, 0.717) is 0 Å². The first-order chi connectivity index (χ1) is 9.65. The van der Waals surface area contributed by atoms with Gasteiger partial charge in [-0.15, -0.1) is 0 Å². The lowest BCUT2D eigenvalue weighted by molar-refractivity contribution is -0.141. The molecule has 0 saturated carbocycles. The molecule has 1 aromatic carbocycles. The van der Waals surface area contributed by atoms with Gasteiger partial charge in [0.1, 0.15) is 0 Å². The average Bonchev–Trinajstić information content (AvgIpc) is 2.51. The molecule has 0 bridgehead atoms. The van der Waals surface area contributed by atoms with Gasteiger partial charge < -0.3 is 15.2 Å². The fourth-order valence-corrected chi connectivity index (χ4v) is 2.80. The van der Waals surface area contributed by atoms with Gasteiger partial charge in [-0.1, -0.05) is 18.2 Å². The second-order valence-corrected chi connectivity index (χ2v) is 5.36. The van der Waals surface area contributed by atoms with Crippen LogP contribution in [0.5, 0.6) is 0 Å². The molecule has 1 aliphatic rings. The van der Waals surface area contributed by atoms with Crippen LogP contribution in [0.4, 0.5) is 0 Å². The van der Waals surface area contributed by atoms with E-state index < -0.39 is 6.10 Å². The van der Waals surface area contributed by atoms with Crippen LogP contribution in [0.15, 0.2) is 18.2 Å². The molecule has 4 heteroatoms. The number of esters is 1. The van der Waals surface area contributed by atoms with Crippen molar-refractivity contribution in [2.45, 2.75) is 44.2 Å². The zero-order valence-electron chi connectivity index (χ0n) is 12.2. The van der Waals surface area contributed by atoms with Crippen LogP contribution in [0.1, 0.15) is 42.1 Å². The first-order valence-electron chi connectivity index (χ1n) is 7.19. The van der Waals surface area contributed by atoms with E-state index in [1.54, 1.807) is 7.05 Å². The Labute approximate surface area is 120 Å². The number of nitrogens with one attached hydrogen (secondary N) is 1. The van der Waals surface area contributed by atoms with E-state index in [1.807, 2.05) is 6.07 Å². The number of aliphatic hydroxyl groups is 1. The van der Waals surface area contributed by atoms with Gasteiger partial charge in [-0.2, -0.15) is 0 Å². The molecule has 0 aromatic heterocycles. The topological polar surface area (TPSA) is 58.6 Å². The number of aryl methyl sites for hydroxylation is 2. The zero-order chi connectivity index (χ0) is 14.5. The normalized spacial score (nSPS) is 17.1. The second kappa shape index (κ2) is 6.86. The van der Waals surface area contributed by atoms with E-state index in [1.165, 1.54) is 31.1 Å². The van der Waals surface area contributed by atoms with Crippen LogP contribution in [0.3, 0.4) is 0 Å². The Bertz CT molecular complexity index is 473. The molecule has 0 amide bonds. The molecule has 0 spiro atoms. The van der Waals surface area contributed by atoms with Crippen LogP contribution >= 0.6 is 0 Å². The Morgan fingerprint density at radius 3 is 2.70 bits per heavy atom. The van der Waals surface area contributed by atoms with Gasteiger partial charge in [-0.25, -0.2) is 0 Å². The zero-order valence-corrected chi connectivity index (χ0v) is 12.2. The van der Waals surface area contributed by atoms with Gasteiger partial charge in [0.2, 0.25) is 0 Å². The maximum absolute atomic E-state index is 11.4. The molecule has 0 saturated heterocycles. The molecule has 0 fully saturated rings. The summed E-state index contributed by atoms with van der Waals surface area (Å²) in [6.45, 7) is 0. The molecular weight excluding hydrogens is 254 g/mol. The van der Waals surface area contributed by atoms with Gasteiger partial charge in [0, 0.05) is 6.04 Å². The third kappa shape index (κ3) is 3.38. The van der Waals surface area contributed by atoms with E-state index >= 15 is 0 Å². The van der Waals surface area contributed by atoms with Crippen LogP contribution < -0.4 is 5.32 Å². The highest BCUT2D eigenvalue weighted by Gasteiger charge is 2.23. The lowest BCUT2D eigenvalue weighted by atomic mass is 9.88. The maximum Gasteiger partial charge on any atom is 0.307 e. The number of carbonyl (C=O) groups excluding carboxylic acids is 1. The predicted octanol–water partition coefficient (Wildman–Crippen LogP) is 1.75. The van der Waals surface area contributed by atoms with Gasteiger partial charge in [0.25, 0.3) is 0 Å². The number of hydrogen-bond acceptors (Lipinski definition) is 4. The Morgan fingerprint density at radius 1 is 1.35 bits per heavy atom. The summed E-state index contributed by atoms with van der Waals surface area (Å²) >= 11 is 0. The molecule has 0 aliphatic heterocycles. The van der Waals surface area contributed by atoms with Crippen molar-refractivity contribution in [3.63, 3.8) is 0 Å². The van der Waals surface area contributed by atoms with Crippen molar-refractivity contribution in [3.8, 4) is 0 Å². The van der Waals surface area contributed by atoms with Gasteiger partial charge in [0.15, 0.2) is 0 Å². The molecule has 0 radical (unpaired) electrons. The molecule has 1 aliphatic carbocycles. The summed E-state index contributed by atoms with van der Waals surface area (Å²) < 4.78 is 4.67. The van der Waals surface area contributed by atoms with Crippen LogP contribution in [-0.2, 0) is 22.4 Å². The van der Waals surface area contributed by atoms with E-state index in [4.69, 9.17) is 0 Å².